The average Bonchev–Trinajstić information content (AvgIpc) is 3.42. The Kier molecular flexibility index (Phi) is 7.33. The molecule has 0 aliphatic heterocycles. The number of furan rings is 1. The summed E-state index contributed by atoms with van der Waals surface area (Å²) in [4.78, 5) is 31.5. The molecule has 0 radical (unpaired) electrons. The minimum absolute atomic E-state index is 0.00217. The first kappa shape index (κ1) is 24.6. The highest BCUT2D eigenvalue weighted by Gasteiger charge is 2.24. The largest absolute Gasteiger partial charge is 0.453 e. The van der Waals surface area contributed by atoms with Crippen LogP contribution in [-0.4, -0.2) is 23.0 Å². The van der Waals surface area contributed by atoms with Gasteiger partial charge in [0.15, 0.2) is 5.13 Å². The van der Waals surface area contributed by atoms with Gasteiger partial charge in [0.25, 0.3) is 0 Å². The molecule has 0 saturated heterocycles. The number of hydrogen-bond acceptors (Lipinski definition) is 7. The highest BCUT2D eigenvalue weighted by Crippen LogP contribution is 2.32. The van der Waals surface area contributed by atoms with E-state index in [-0.39, 0.29) is 31.0 Å². The van der Waals surface area contributed by atoms with Gasteiger partial charge < -0.3 is 13.9 Å². The molecule has 8 heteroatoms. The van der Waals surface area contributed by atoms with Gasteiger partial charge in [0.1, 0.15) is 12.2 Å². The van der Waals surface area contributed by atoms with Crippen molar-refractivity contribution in [3.05, 3.63) is 76.0 Å². The number of ether oxygens (including phenoxy) is 2. The fourth-order valence-corrected chi connectivity index (χ4v) is 4.66. The SMILES string of the molecule is CC(=O)N(c1nc(COC(=O)c2oc3ccccc3c2COC(C)C)cs1)c1ccc(C)cc1C. The number of carbonyl (C=O) groups excluding carboxylic acids is 2. The zero-order chi connectivity index (χ0) is 25.1. The zero-order valence-corrected chi connectivity index (χ0v) is 21.3. The van der Waals surface area contributed by atoms with Crippen molar-refractivity contribution in [2.45, 2.75) is 53.9 Å². The second-order valence-corrected chi connectivity index (χ2v) is 9.44. The number of thiazole rings is 1. The first-order chi connectivity index (χ1) is 16.7. The number of rotatable bonds is 8. The van der Waals surface area contributed by atoms with Crippen LogP contribution in [-0.2, 0) is 27.5 Å². The van der Waals surface area contributed by atoms with Crippen LogP contribution in [0.3, 0.4) is 0 Å². The molecule has 0 aliphatic carbocycles. The number of anilines is 2. The molecular weight excluding hydrogens is 464 g/mol. The van der Waals surface area contributed by atoms with Crippen molar-refractivity contribution in [2.75, 3.05) is 4.90 Å². The molecule has 0 N–H and O–H groups in total. The number of amides is 1. The molecule has 35 heavy (non-hydrogen) atoms. The van der Waals surface area contributed by atoms with E-state index in [4.69, 9.17) is 13.9 Å². The van der Waals surface area contributed by atoms with Gasteiger partial charge in [0.2, 0.25) is 11.7 Å². The van der Waals surface area contributed by atoms with E-state index in [1.807, 2.05) is 64.1 Å². The fourth-order valence-electron chi connectivity index (χ4n) is 3.79. The molecule has 0 saturated carbocycles. The first-order valence-electron chi connectivity index (χ1n) is 11.4. The Morgan fingerprint density at radius 2 is 1.89 bits per heavy atom. The maximum atomic E-state index is 12.9. The van der Waals surface area contributed by atoms with Crippen molar-refractivity contribution in [3.8, 4) is 0 Å². The van der Waals surface area contributed by atoms with Gasteiger partial charge in [-0.15, -0.1) is 11.3 Å². The van der Waals surface area contributed by atoms with E-state index in [9.17, 15) is 9.59 Å². The van der Waals surface area contributed by atoms with Crippen LogP contribution >= 0.6 is 11.3 Å². The fraction of sp³-hybridized carbons (Fsp3) is 0.296. The van der Waals surface area contributed by atoms with Crippen molar-refractivity contribution in [2.24, 2.45) is 0 Å². The maximum Gasteiger partial charge on any atom is 0.375 e. The number of carbonyl (C=O) groups is 2. The summed E-state index contributed by atoms with van der Waals surface area (Å²) in [6, 6.07) is 13.3. The normalized spacial score (nSPS) is 11.3. The van der Waals surface area contributed by atoms with Crippen molar-refractivity contribution < 1.29 is 23.5 Å². The van der Waals surface area contributed by atoms with E-state index in [1.165, 1.54) is 18.3 Å². The second kappa shape index (κ2) is 10.4. The van der Waals surface area contributed by atoms with Crippen LogP contribution in [0.1, 0.15) is 53.7 Å². The lowest BCUT2D eigenvalue weighted by Gasteiger charge is -2.20. The van der Waals surface area contributed by atoms with E-state index in [0.717, 1.165) is 22.2 Å². The Labute approximate surface area is 208 Å². The summed E-state index contributed by atoms with van der Waals surface area (Å²) in [5.74, 6) is -0.606. The summed E-state index contributed by atoms with van der Waals surface area (Å²) in [6.45, 7) is 9.53. The molecule has 1 amide bonds. The standard InChI is InChI=1S/C27H28N2O5S/c1-16(2)32-14-22-21-8-6-7-9-24(21)34-25(22)26(31)33-13-20-15-35-27(28-20)29(19(5)30)23-11-10-17(3)12-18(23)4/h6-12,15-16H,13-14H2,1-5H3. The quantitative estimate of drug-likeness (QED) is 0.262. The molecule has 0 aliphatic rings. The van der Waals surface area contributed by atoms with Crippen molar-refractivity contribution >= 4 is 45.0 Å². The molecule has 0 bridgehead atoms. The summed E-state index contributed by atoms with van der Waals surface area (Å²) in [5, 5.41) is 3.12. The topological polar surface area (TPSA) is 81.9 Å². The van der Waals surface area contributed by atoms with Crippen LogP contribution < -0.4 is 4.90 Å². The lowest BCUT2D eigenvalue weighted by Crippen LogP contribution is -2.23. The Morgan fingerprint density at radius 3 is 2.60 bits per heavy atom. The summed E-state index contributed by atoms with van der Waals surface area (Å²) in [5.41, 5.74) is 4.68. The van der Waals surface area contributed by atoms with E-state index in [0.29, 0.717) is 22.0 Å². The van der Waals surface area contributed by atoms with Gasteiger partial charge in [-0.2, -0.15) is 0 Å². The molecule has 182 valence electrons. The van der Waals surface area contributed by atoms with E-state index < -0.39 is 5.97 Å². The number of benzene rings is 2. The van der Waals surface area contributed by atoms with E-state index >= 15 is 0 Å². The average molecular weight is 493 g/mol. The zero-order valence-electron chi connectivity index (χ0n) is 20.5. The number of para-hydroxylation sites is 1. The summed E-state index contributed by atoms with van der Waals surface area (Å²) in [7, 11) is 0. The summed E-state index contributed by atoms with van der Waals surface area (Å²) >= 11 is 1.32. The van der Waals surface area contributed by atoms with Crippen LogP contribution in [0.4, 0.5) is 10.8 Å². The maximum absolute atomic E-state index is 12.9. The number of aryl methyl sites for hydroxylation is 2. The Bertz CT molecular complexity index is 1370. The van der Waals surface area contributed by atoms with Gasteiger partial charge in [-0.25, -0.2) is 9.78 Å². The van der Waals surface area contributed by atoms with Crippen LogP contribution in [0.5, 0.6) is 0 Å². The minimum Gasteiger partial charge on any atom is -0.453 e. The molecule has 0 atom stereocenters. The predicted octanol–water partition coefficient (Wildman–Crippen LogP) is 6.47. The molecule has 0 fully saturated rings. The smallest absolute Gasteiger partial charge is 0.375 e. The third kappa shape index (κ3) is 5.44. The summed E-state index contributed by atoms with van der Waals surface area (Å²) < 4.78 is 17.1. The Morgan fingerprint density at radius 1 is 1.11 bits per heavy atom. The number of aromatic nitrogens is 1. The molecule has 0 spiro atoms. The molecular formula is C27H28N2O5S. The highest BCUT2D eigenvalue weighted by atomic mass is 32.1. The Balaban J connectivity index is 1.53. The van der Waals surface area contributed by atoms with Gasteiger partial charge in [-0.3, -0.25) is 9.69 Å². The van der Waals surface area contributed by atoms with Crippen LogP contribution in [0.15, 0.2) is 52.3 Å². The van der Waals surface area contributed by atoms with E-state index in [2.05, 4.69) is 4.98 Å². The van der Waals surface area contributed by atoms with Crippen molar-refractivity contribution in [1.29, 1.82) is 0 Å². The number of fused-ring (bicyclic) bond motifs is 1. The molecule has 0 unspecified atom stereocenters. The minimum atomic E-state index is -0.587. The van der Waals surface area contributed by atoms with Crippen LogP contribution in [0, 0.1) is 13.8 Å². The predicted molar refractivity (Wildman–Crippen MR) is 136 cm³/mol. The monoisotopic (exact) mass is 492 g/mol. The van der Waals surface area contributed by atoms with E-state index in [1.54, 1.807) is 16.3 Å². The molecule has 2 aromatic heterocycles. The van der Waals surface area contributed by atoms with Gasteiger partial charge in [-0.05, 0) is 45.4 Å². The number of hydrogen-bond donors (Lipinski definition) is 0. The molecule has 7 nitrogen and oxygen atoms in total. The summed E-state index contributed by atoms with van der Waals surface area (Å²) in [6.07, 6.45) is 0.00217. The third-order valence-electron chi connectivity index (χ3n) is 5.43. The second-order valence-electron chi connectivity index (χ2n) is 8.61. The van der Waals surface area contributed by atoms with Gasteiger partial charge in [0.05, 0.1) is 24.1 Å². The van der Waals surface area contributed by atoms with Gasteiger partial charge in [0, 0.05) is 23.3 Å². The first-order valence-corrected chi connectivity index (χ1v) is 12.2. The third-order valence-corrected chi connectivity index (χ3v) is 6.31. The van der Waals surface area contributed by atoms with Crippen LogP contribution in [0.25, 0.3) is 11.0 Å². The molecule has 2 heterocycles. The van der Waals surface area contributed by atoms with Crippen LogP contribution in [0.2, 0.25) is 0 Å². The molecule has 4 rings (SSSR count). The highest BCUT2D eigenvalue weighted by molar-refractivity contribution is 7.14. The lowest BCUT2D eigenvalue weighted by molar-refractivity contribution is -0.115. The van der Waals surface area contributed by atoms with Crippen molar-refractivity contribution in [1.82, 2.24) is 4.98 Å². The Hall–Kier alpha value is -3.49. The van der Waals surface area contributed by atoms with Gasteiger partial charge >= 0.3 is 5.97 Å². The lowest BCUT2D eigenvalue weighted by atomic mass is 10.1. The van der Waals surface area contributed by atoms with Crippen molar-refractivity contribution in [3.63, 3.8) is 0 Å². The molecule has 4 aromatic rings. The number of esters is 1. The molecule has 2 aromatic carbocycles. The number of nitrogens with zero attached hydrogens (tertiary/aromatic N) is 2. The van der Waals surface area contributed by atoms with Gasteiger partial charge in [-0.1, -0.05) is 35.9 Å².